The molecule has 0 bridgehead atoms. The standard InChI is InChI=1S/C10H14O2/c1-9(2)6-10(9,7-11)8-3-4-12-5-8/h3-5,11H,6-7H2,1-2H3. The molecule has 0 amide bonds. The fraction of sp³-hybridized carbons (Fsp3) is 0.600. The molecule has 1 heterocycles. The molecule has 1 aliphatic rings. The molecular weight excluding hydrogens is 152 g/mol. The third-order valence-corrected chi connectivity index (χ3v) is 3.26. The monoisotopic (exact) mass is 166 g/mol. The molecule has 12 heavy (non-hydrogen) atoms. The van der Waals surface area contributed by atoms with Crippen molar-refractivity contribution in [3.63, 3.8) is 0 Å². The first kappa shape index (κ1) is 7.87. The van der Waals surface area contributed by atoms with Crippen molar-refractivity contribution in [1.29, 1.82) is 0 Å². The predicted molar refractivity (Wildman–Crippen MR) is 45.9 cm³/mol. The van der Waals surface area contributed by atoms with Gasteiger partial charge in [0.15, 0.2) is 0 Å². The van der Waals surface area contributed by atoms with Crippen LogP contribution in [-0.2, 0) is 5.41 Å². The summed E-state index contributed by atoms with van der Waals surface area (Å²) in [6.07, 6.45) is 4.46. The lowest BCUT2D eigenvalue weighted by Crippen LogP contribution is -2.18. The Morgan fingerprint density at radius 1 is 1.58 bits per heavy atom. The summed E-state index contributed by atoms with van der Waals surface area (Å²) in [5.74, 6) is 0. The Balaban J connectivity index is 2.34. The second kappa shape index (κ2) is 2.13. The maximum atomic E-state index is 9.32. The number of furan rings is 1. The maximum Gasteiger partial charge on any atom is 0.0941 e. The Labute approximate surface area is 72.2 Å². The Kier molecular flexibility index (Phi) is 1.40. The number of hydrogen-bond donors (Lipinski definition) is 1. The number of aliphatic hydroxyl groups is 1. The first-order valence-corrected chi connectivity index (χ1v) is 4.26. The Bertz CT molecular complexity index is 274. The molecule has 0 saturated heterocycles. The van der Waals surface area contributed by atoms with E-state index in [1.807, 2.05) is 6.07 Å². The zero-order valence-corrected chi connectivity index (χ0v) is 7.50. The molecule has 2 nitrogen and oxygen atoms in total. The summed E-state index contributed by atoms with van der Waals surface area (Å²) in [4.78, 5) is 0. The van der Waals surface area contributed by atoms with E-state index in [1.54, 1.807) is 12.5 Å². The SMILES string of the molecule is CC1(C)CC1(CO)c1ccoc1. The van der Waals surface area contributed by atoms with E-state index < -0.39 is 0 Å². The van der Waals surface area contributed by atoms with Crippen LogP contribution in [-0.4, -0.2) is 11.7 Å². The first-order valence-electron chi connectivity index (χ1n) is 4.26. The van der Waals surface area contributed by atoms with E-state index in [0.29, 0.717) is 0 Å². The smallest absolute Gasteiger partial charge is 0.0941 e. The third kappa shape index (κ3) is 0.787. The van der Waals surface area contributed by atoms with E-state index in [2.05, 4.69) is 13.8 Å². The van der Waals surface area contributed by atoms with Gasteiger partial charge in [-0.25, -0.2) is 0 Å². The molecule has 2 rings (SSSR count). The van der Waals surface area contributed by atoms with Gasteiger partial charge < -0.3 is 9.52 Å². The summed E-state index contributed by atoms with van der Waals surface area (Å²) in [7, 11) is 0. The molecule has 1 aromatic rings. The highest BCUT2D eigenvalue weighted by molar-refractivity contribution is 5.34. The quantitative estimate of drug-likeness (QED) is 0.728. The van der Waals surface area contributed by atoms with Crippen LogP contribution < -0.4 is 0 Å². The van der Waals surface area contributed by atoms with Crippen LogP contribution >= 0.6 is 0 Å². The van der Waals surface area contributed by atoms with Crippen molar-refractivity contribution in [2.24, 2.45) is 5.41 Å². The molecule has 0 radical (unpaired) electrons. The lowest BCUT2D eigenvalue weighted by molar-refractivity contribution is 0.231. The van der Waals surface area contributed by atoms with Gasteiger partial charge in [0.25, 0.3) is 0 Å². The molecule has 1 atom stereocenters. The van der Waals surface area contributed by atoms with E-state index >= 15 is 0 Å². The molecule has 1 saturated carbocycles. The molecule has 2 heteroatoms. The summed E-state index contributed by atoms with van der Waals surface area (Å²) in [5.41, 5.74) is 1.33. The van der Waals surface area contributed by atoms with Gasteiger partial charge in [0.05, 0.1) is 19.1 Å². The lowest BCUT2D eigenvalue weighted by Gasteiger charge is -2.15. The first-order chi connectivity index (χ1) is 5.62. The zero-order chi connectivity index (χ0) is 8.82. The minimum atomic E-state index is -0.0278. The summed E-state index contributed by atoms with van der Waals surface area (Å²) in [5, 5.41) is 9.32. The van der Waals surface area contributed by atoms with Crippen LogP contribution in [0.2, 0.25) is 0 Å². The largest absolute Gasteiger partial charge is 0.472 e. The Hall–Kier alpha value is -0.760. The Morgan fingerprint density at radius 3 is 2.58 bits per heavy atom. The summed E-state index contributed by atoms with van der Waals surface area (Å²) < 4.78 is 5.02. The van der Waals surface area contributed by atoms with Crippen molar-refractivity contribution in [1.82, 2.24) is 0 Å². The van der Waals surface area contributed by atoms with E-state index in [9.17, 15) is 5.11 Å². The van der Waals surface area contributed by atoms with Gasteiger partial charge in [-0.05, 0) is 23.5 Å². The van der Waals surface area contributed by atoms with Crippen molar-refractivity contribution in [3.8, 4) is 0 Å². The van der Waals surface area contributed by atoms with Crippen LogP contribution in [0.3, 0.4) is 0 Å². The Morgan fingerprint density at radius 2 is 2.25 bits per heavy atom. The summed E-state index contributed by atoms with van der Waals surface area (Å²) in [6, 6.07) is 1.95. The average Bonchev–Trinajstić information content (AvgIpc) is 2.52. The molecule has 1 unspecified atom stereocenters. The number of aliphatic hydroxyl groups excluding tert-OH is 1. The molecule has 1 fully saturated rings. The molecule has 1 aliphatic carbocycles. The molecule has 0 aromatic carbocycles. The molecule has 0 spiro atoms. The average molecular weight is 166 g/mol. The van der Waals surface area contributed by atoms with Gasteiger partial charge in [-0.15, -0.1) is 0 Å². The van der Waals surface area contributed by atoms with Gasteiger partial charge in [-0.1, -0.05) is 13.8 Å². The predicted octanol–water partition coefficient (Wildman–Crippen LogP) is 1.94. The van der Waals surface area contributed by atoms with Crippen molar-refractivity contribution in [2.75, 3.05) is 6.61 Å². The highest BCUT2D eigenvalue weighted by Gasteiger charge is 2.62. The van der Waals surface area contributed by atoms with Crippen LogP contribution in [0.4, 0.5) is 0 Å². The lowest BCUT2D eigenvalue weighted by atomic mass is 9.91. The number of hydrogen-bond acceptors (Lipinski definition) is 2. The molecule has 66 valence electrons. The molecule has 0 aliphatic heterocycles. The fourth-order valence-corrected chi connectivity index (χ4v) is 2.10. The second-order valence-corrected chi connectivity index (χ2v) is 4.31. The fourth-order valence-electron chi connectivity index (χ4n) is 2.10. The third-order valence-electron chi connectivity index (χ3n) is 3.26. The van der Waals surface area contributed by atoms with Crippen molar-refractivity contribution in [2.45, 2.75) is 25.7 Å². The van der Waals surface area contributed by atoms with Crippen LogP contribution in [0, 0.1) is 5.41 Å². The number of rotatable bonds is 2. The van der Waals surface area contributed by atoms with Gasteiger partial charge >= 0.3 is 0 Å². The van der Waals surface area contributed by atoms with Gasteiger partial charge in [-0.3, -0.25) is 0 Å². The normalized spacial score (nSPS) is 31.9. The van der Waals surface area contributed by atoms with E-state index in [4.69, 9.17) is 4.42 Å². The second-order valence-electron chi connectivity index (χ2n) is 4.31. The zero-order valence-electron chi connectivity index (χ0n) is 7.50. The highest BCUT2D eigenvalue weighted by atomic mass is 16.3. The van der Waals surface area contributed by atoms with Gasteiger partial charge in [0.2, 0.25) is 0 Å². The summed E-state index contributed by atoms with van der Waals surface area (Å²) >= 11 is 0. The van der Waals surface area contributed by atoms with E-state index in [0.717, 1.165) is 12.0 Å². The van der Waals surface area contributed by atoms with Crippen molar-refractivity contribution in [3.05, 3.63) is 24.2 Å². The van der Waals surface area contributed by atoms with Crippen LogP contribution in [0.25, 0.3) is 0 Å². The minimum absolute atomic E-state index is 0.0278. The topological polar surface area (TPSA) is 33.4 Å². The van der Waals surface area contributed by atoms with Crippen molar-refractivity contribution < 1.29 is 9.52 Å². The van der Waals surface area contributed by atoms with E-state index in [-0.39, 0.29) is 17.4 Å². The summed E-state index contributed by atoms with van der Waals surface area (Å²) in [6.45, 7) is 4.58. The van der Waals surface area contributed by atoms with Crippen LogP contribution in [0.1, 0.15) is 25.8 Å². The molecule has 1 N–H and O–H groups in total. The van der Waals surface area contributed by atoms with Gasteiger partial charge in [-0.2, -0.15) is 0 Å². The molecule has 1 aromatic heterocycles. The van der Waals surface area contributed by atoms with Gasteiger partial charge in [0, 0.05) is 5.41 Å². The maximum absolute atomic E-state index is 9.32. The van der Waals surface area contributed by atoms with Crippen LogP contribution in [0.15, 0.2) is 23.0 Å². The van der Waals surface area contributed by atoms with Crippen molar-refractivity contribution >= 4 is 0 Å². The van der Waals surface area contributed by atoms with Crippen LogP contribution in [0.5, 0.6) is 0 Å². The molecular formula is C10H14O2. The van der Waals surface area contributed by atoms with E-state index in [1.165, 1.54) is 0 Å². The highest BCUT2D eigenvalue weighted by Crippen LogP contribution is 2.63. The van der Waals surface area contributed by atoms with Gasteiger partial charge in [0.1, 0.15) is 0 Å². The minimum Gasteiger partial charge on any atom is -0.472 e.